The number of hydrogen-bond donors (Lipinski definition) is 0. The van der Waals surface area contributed by atoms with E-state index in [2.05, 4.69) is 0 Å². The Morgan fingerprint density at radius 2 is 1.76 bits per heavy atom. The third-order valence-electron chi connectivity index (χ3n) is 5.51. The van der Waals surface area contributed by atoms with E-state index in [1.165, 1.54) is 4.90 Å². The van der Waals surface area contributed by atoms with Gasteiger partial charge in [0.1, 0.15) is 12.4 Å². The number of nitrogens with zero attached hydrogens (tertiary/aromatic N) is 2. The zero-order chi connectivity index (χ0) is 17.4. The van der Waals surface area contributed by atoms with Crippen molar-refractivity contribution in [3.63, 3.8) is 0 Å². The zero-order valence-corrected chi connectivity index (χ0v) is 14.1. The standard InChI is InChI=1S/C19H22N2O4/c22-17(20-11-12-25-16-8-4-3-7-15(16)20)9-10-21-18(23)13-5-1-2-6-14(13)19(21)24/h3-4,7-8,13-14H,1-2,5-6,9-12H2/t13-,14-/m0/s1. The van der Waals surface area contributed by atoms with Crippen LogP contribution in [0.15, 0.2) is 24.3 Å². The first-order valence-corrected chi connectivity index (χ1v) is 9.04. The van der Waals surface area contributed by atoms with Crippen LogP contribution in [0.25, 0.3) is 0 Å². The maximum absolute atomic E-state index is 12.7. The van der Waals surface area contributed by atoms with Gasteiger partial charge in [-0.05, 0) is 25.0 Å². The molecule has 1 aliphatic carbocycles. The highest BCUT2D eigenvalue weighted by Crippen LogP contribution is 2.38. The topological polar surface area (TPSA) is 66.9 Å². The number of fused-ring (bicyclic) bond motifs is 2. The molecule has 1 saturated carbocycles. The molecule has 132 valence electrons. The van der Waals surface area contributed by atoms with E-state index in [0.717, 1.165) is 31.4 Å². The van der Waals surface area contributed by atoms with Crippen molar-refractivity contribution in [1.29, 1.82) is 0 Å². The molecule has 0 spiro atoms. The van der Waals surface area contributed by atoms with Crippen LogP contribution in [-0.2, 0) is 14.4 Å². The van der Waals surface area contributed by atoms with Gasteiger partial charge in [-0.15, -0.1) is 0 Å². The summed E-state index contributed by atoms with van der Waals surface area (Å²) in [5.74, 6) is 0.156. The van der Waals surface area contributed by atoms with Crippen LogP contribution in [-0.4, -0.2) is 42.3 Å². The Hall–Kier alpha value is -2.37. The largest absolute Gasteiger partial charge is 0.490 e. The Balaban J connectivity index is 1.43. The van der Waals surface area contributed by atoms with Crippen molar-refractivity contribution in [3.8, 4) is 5.75 Å². The molecule has 6 heteroatoms. The van der Waals surface area contributed by atoms with Crippen molar-refractivity contribution in [3.05, 3.63) is 24.3 Å². The van der Waals surface area contributed by atoms with Gasteiger partial charge < -0.3 is 9.64 Å². The van der Waals surface area contributed by atoms with Crippen molar-refractivity contribution in [1.82, 2.24) is 4.90 Å². The second-order valence-corrected chi connectivity index (χ2v) is 6.94. The molecule has 4 rings (SSSR count). The number of rotatable bonds is 3. The molecule has 1 aromatic rings. The number of carbonyl (C=O) groups excluding carboxylic acids is 3. The highest BCUT2D eigenvalue weighted by molar-refractivity contribution is 6.05. The molecule has 3 amide bonds. The van der Waals surface area contributed by atoms with Gasteiger partial charge in [-0.2, -0.15) is 0 Å². The van der Waals surface area contributed by atoms with Crippen LogP contribution in [0, 0.1) is 11.8 Å². The van der Waals surface area contributed by atoms with E-state index in [4.69, 9.17) is 4.74 Å². The maximum atomic E-state index is 12.7. The van der Waals surface area contributed by atoms with E-state index >= 15 is 0 Å². The molecule has 6 nitrogen and oxygen atoms in total. The van der Waals surface area contributed by atoms with Gasteiger partial charge in [0.05, 0.1) is 24.1 Å². The van der Waals surface area contributed by atoms with Crippen molar-refractivity contribution < 1.29 is 19.1 Å². The van der Waals surface area contributed by atoms with Gasteiger partial charge in [0.15, 0.2) is 0 Å². The Kier molecular flexibility index (Phi) is 4.19. The Morgan fingerprint density at radius 3 is 2.48 bits per heavy atom. The molecule has 0 aromatic heterocycles. The van der Waals surface area contributed by atoms with Gasteiger partial charge in [-0.1, -0.05) is 25.0 Å². The number of likely N-dealkylation sites (tertiary alicyclic amines) is 1. The lowest BCUT2D eigenvalue weighted by atomic mass is 9.81. The second-order valence-electron chi connectivity index (χ2n) is 6.94. The summed E-state index contributed by atoms with van der Waals surface area (Å²) in [6.07, 6.45) is 3.79. The number of para-hydroxylation sites is 2. The number of amides is 3. The fraction of sp³-hybridized carbons (Fsp3) is 0.526. The zero-order valence-electron chi connectivity index (χ0n) is 14.1. The van der Waals surface area contributed by atoms with Gasteiger partial charge in [0.2, 0.25) is 17.7 Å². The summed E-state index contributed by atoms with van der Waals surface area (Å²) in [5, 5.41) is 0. The number of anilines is 1. The Morgan fingerprint density at radius 1 is 1.08 bits per heavy atom. The summed E-state index contributed by atoms with van der Waals surface area (Å²) in [6, 6.07) is 7.43. The molecule has 25 heavy (non-hydrogen) atoms. The minimum atomic E-state index is -0.152. The average Bonchev–Trinajstić information content (AvgIpc) is 2.90. The van der Waals surface area contributed by atoms with Crippen molar-refractivity contribution in [2.75, 3.05) is 24.6 Å². The molecule has 3 aliphatic rings. The molecule has 2 heterocycles. The molecule has 2 fully saturated rings. The van der Waals surface area contributed by atoms with Gasteiger partial charge in [0, 0.05) is 13.0 Å². The molecular weight excluding hydrogens is 320 g/mol. The number of hydrogen-bond acceptors (Lipinski definition) is 4. The summed E-state index contributed by atoms with van der Waals surface area (Å²) in [5.41, 5.74) is 0.756. The van der Waals surface area contributed by atoms with Crippen molar-refractivity contribution in [2.45, 2.75) is 32.1 Å². The minimum Gasteiger partial charge on any atom is -0.490 e. The first-order chi connectivity index (χ1) is 12.2. The summed E-state index contributed by atoms with van der Waals surface area (Å²) in [6.45, 7) is 1.13. The third-order valence-corrected chi connectivity index (χ3v) is 5.51. The third kappa shape index (κ3) is 2.79. The number of carbonyl (C=O) groups is 3. The molecular formula is C19H22N2O4. The molecule has 1 saturated heterocycles. The predicted molar refractivity (Wildman–Crippen MR) is 91.1 cm³/mol. The molecule has 2 atom stereocenters. The molecule has 0 N–H and O–H groups in total. The molecule has 1 aromatic carbocycles. The lowest BCUT2D eigenvalue weighted by Gasteiger charge is -2.30. The monoisotopic (exact) mass is 342 g/mol. The van der Waals surface area contributed by atoms with Crippen LogP contribution in [0.5, 0.6) is 5.75 Å². The Bertz CT molecular complexity index is 693. The van der Waals surface area contributed by atoms with Crippen LogP contribution < -0.4 is 9.64 Å². The average molecular weight is 342 g/mol. The fourth-order valence-corrected chi connectivity index (χ4v) is 4.22. The summed E-state index contributed by atoms with van der Waals surface area (Å²) < 4.78 is 5.57. The van der Waals surface area contributed by atoms with Crippen LogP contribution in [0.3, 0.4) is 0 Å². The summed E-state index contributed by atoms with van der Waals surface area (Å²) in [4.78, 5) is 40.7. The van der Waals surface area contributed by atoms with E-state index < -0.39 is 0 Å². The normalized spacial score (nSPS) is 25.4. The van der Waals surface area contributed by atoms with E-state index in [1.54, 1.807) is 4.90 Å². The highest BCUT2D eigenvalue weighted by atomic mass is 16.5. The van der Waals surface area contributed by atoms with E-state index in [1.807, 2.05) is 24.3 Å². The molecule has 0 bridgehead atoms. The molecule has 0 unspecified atom stereocenters. The lowest BCUT2D eigenvalue weighted by Crippen LogP contribution is -2.40. The van der Waals surface area contributed by atoms with E-state index in [0.29, 0.717) is 18.9 Å². The van der Waals surface area contributed by atoms with Crippen LogP contribution in [0.2, 0.25) is 0 Å². The first-order valence-electron chi connectivity index (χ1n) is 9.04. The second kappa shape index (κ2) is 6.50. The number of benzene rings is 1. The van der Waals surface area contributed by atoms with Crippen molar-refractivity contribution >= 4 is 23.4 Å². The Labute approximate surface area is 146 Å². The number of imide groups is 1. The summed E-state index contributed by atoms with van der Waals surface area (Å²) >= 11 is 0. The van der Waals surface area contributed by atoms with E-state index in [-0.39, 0.29) is 42.5 Å². The van der Waals surface area contributed by atoms with Crippen LogP contribution in [0.1, 0.15) is 32.1 Å². The summed E-state index contributed by atoms with van der Waals surface area (Å²) in [7, 11) is 0. The SMILES string of the molecule is O=C1[C@H]2CCCC[C@@H]2C(=O)N1CCC(=O)N1CCOc2ccccc21. The number of ether oxygens (including phenoxy) is 1. The highest BCUT2D eigenvalue weighted by Gasteiger charge is 2.47. The van der Waals surface area contributed by atoms with Crippen LogP contribution >= 0.6 is 0 Å². The molecule has 0 radical (unpaired) electrons. The maximum Gasteiger partial charge on any atom is 0.233 e. The van der Waals surface area contributed by atoms with Crippen molar-refractivity contribution in [2.24, 2.45) is 11.8 Å². The quantitative estimate of drug-likeness (QED) is 0.788. The van der Waals surface area contributed by atoms with Crippen LogP contribution in [0.4, 0.5) is 5.69 Å². The van der Waals surface area contributed by atoms with Gasteiger partial charge in [-0.25, -0.2) is 0 Å². The predicted octanol–water partition coefficient (Wildman–Crippen LogP) is 1.98. The first kappa shape index (κ1) is 16.1. The van der Waals surface area contributed by atoms with E-state index in [9.17, 15) is 14.4 Å². The lowest BCUT2D eigenvalue weighted by molar-refractivity contribution is -0.140. The minimum absolute atomic E-state index is 0.0776. The van der Waals surface area contributed by atoms with Gasteiger partial charge in [-0.3, -0.25) is 19.3 Å². The fourth-order valence-electron chi connectivity index (χ4n) is 4.22. The van der Waals surface area contributed by atoms with Gasteiger partial charge in [0.25, 0.3) is 0 Å². The van der Waals surface area contributed by atoms with Gasteiger partial charge >= 0.3 is 0 Å². The molecule has 2 aliphatic heterocycles. The smallest absolute Gasteiger partial charge is 0.233 e.